The topological polar surface area (TPSA) is 99.3 Å². The van der Waals surface area contributed by atoms with Crippen molar-refractivity contribution in [3.05, 3.63) is 132 Å². The Morgan fingerprint density at radius 2 is 1.26 bits per heavy atom. The zero-order chi connectivity index (χ0) is 36.2. The Kier molecular flexibility index (Phi) is 13.0. The number of aliphatic carboxylic acids is 2. The highest BCUT2D eigenvalue weighted by molar-refractivity contribution is 6.07. The summed E-state index contributed by atoms with van der Waals surface area (Å²) < 4.78 is 13.1. The summed E-state index contributed by atoms with van der Waals surface area (Å²) in [5.74, 6) is -1.96. The van der Waals surface area contributed by atoms with Gasteiger partial charge in [0, 0.05) is 41.1 Å². The van der Waals surface area contributed by atoms with Crippen LogP contribution in [0.25, 0.3) is 21.5 Å². The highest BCUT2D eigenvalue weighted by Gasteiger charge is 2.45. The van der Waals surface area contributed by atoms with Crippen molar-refractivity contribution in [2.45, 2.75) is 53.4 Å². The number of rotatable bonds is 14. The number of carboxylic acid groups (broad SMARTS) is 2. The summed E-state index contributed by atoms with van der Waals surface area (Å²) in [7, 11) is 0. The van der Waals surface area contributed by atoms with E-state index in [0.29, 0.717) is 13.1 Å². The van der Waals surface area contributed by atoms with Crippen molar-refractivity contribution >= 4 is 50.6 Å². The Balaban J connectivity index is 0.00000314. The zero-order valence-electron chi connectivity index (χ0n) is 29.6. The van der Waals surface area contributed by atoms with Crippen LogP contribution in [-0.4, -0.2) is 72.0 Å². The minimum atomic E-state index is -0.979. The van der Waals surface area contributed by atoms with Crippen LogP contribution in [0.1, 0.15) is 53.7 Å². The summed E-state index contributed by atoms with van der Waals surface area (Å²) in [6, 6.07) is 25.4. The summed E-state index contributed by atoms with van der Waals surface area (Å²) in [4.78, 5) is 24.4. The summed E-state index contributed by atoms with van der Waals surface area (Å²) in [5, 5.41) is 22.9. The maximum absolute atomic E-state index is 11.1. The van der Waals surface area contributed by atoms with Crippen LogP contribution in [-0.2, 0) is 29.9 Å². The van der Waals surface area contributed by atoms with E-state index in [9.17, 15) is 9.59 Å². The first-order chi connectivity index (χ1) is 24.5. The molecule has 2 heterocycles. The summed E-state index contributed by atoms with van der Waals surface area (Å²) in [6.45, 7) is 9.92. The zero-order valence-corrected chi connectivity index (χ0v) is 29.6. The predicted octanol–water partition coefficient (Wildman–Crippen LogP) is 9.19. The smallest absolute Gasteiger partial charge is 0.329 e. The van der Waals surface area contributed by atoms with Gasteiger partial charge in [0.05, 0.1) is 12.0 Å². The van der Waals surface area contributed by atoms with Gasteiger partial charge in [-0.1, -0.05) is 114 Å². The Labute approximate surface area is 313 Å². The molecule has 6 rings (SSSR count). The van der Waals surface area contributed by atoms with Crippen molar-refractivity contribution in [1.82, 2.24) is 0 Å². The van der Waals surface area contributed by atoms with Crippen LogP contribution in [0.15, 0.2) is 121 Å². The molecular formula is C45H53N2O6+. The third kappa shape index (κ3) is 8.19. The number of nitrogens with zero attached hydrogens (tertiary/aromatic N) is 2. The van der Waals surface area contributed by atoms with Gasteiger partial charge < -0.3 is 24.6 Å². The summed E-state index contributed by atoms with van der Waals surface area (Å²) >= 11 is 0. The lowest BCUT2D eigenvalue weighted by Crippen LogP contribution is -2.29. The molecular weight excluding hydrogens is 665 g/mol. The average Bonchev–Trinajstić information content (AvgIpc) is 3.46. The van der Waals surface area contributed by atoms with Gasteiger partial charge in [-0.2, -0.15) is 4.58 Å². The predicted molar refractivity (Wildman–Crippen MR) is 217 cm³/mol. The quantitative estimate of drug-likeness (QED) is 0.0763. The summed E-state index contributed by atoms with van der Waals surface area (Å²) in [6.07, 6.45) is 14.4. The van der Waals surface area contributed by atoms with Gasteiger partial charge in [-0.25, -0.2) is 9.59 Å². The number of benzene rings is 4. The van der Waals surface area contributed by atoms with Crippen LogP contribution >= 0.6 is 0 Å². The first-order valence-corrected chi connectivity index (χ1v) is 17.3. The van der Waals surface area contributed by atoms with E-state index in [-0.39, 0.29) is 52.1 Å². The molecule has 0 radical (unpaired) electrons. The van der Waals surface area contributed by atoms with E-state index in [2.05, 4.69) is 122 Å². The van der Waals surface area contributed by atoms with Crippen LogP contribution in [0, 0.1) is 0 Å². The molecule has 0 bridgehead atoms. The fourth-order valence-electron chi connectivity index (χ4n) is 7.67. The third-order valence-electron chi connectivity index (χ3n) is 9.83. The van der Waals surface area contributed by atoms with Gasteiger partial charge in [-0.15, -0.1) is 0 Å². The lowest BCUT2D eigenvalue weighted by atomic mass is 9.79. The normalized spacial score (nSPS) is 16.5. The molecule has 278 valence electrons. The van der Waals surface area contributed by atoms with Crippen LogP contribution in [0.2, 0.25) is 0 Å². The van der Waals surface area contributed by atoms with Crippen molar-refractivity contribution in [3.63, 3.8) is 0 Å². The minimum absolute atomic E-state index is 0. The highest BCUT2D eigenvalue weighted by Crippen LogP contribution is 2.50. The van der Waals surface area contributed by atoms with Gasteiger partial charge in [-0.05, 0) is 59.2 Å². The number of fused-ring (bicyclic) bond motifs is 6. The van der Waals surface area contributed by atoms with E-state index in [0.717, 1.165) is 22.8 Å². The van der Waals surface area contributed by atoms with Crippen LogP contribution in [0.3, 0.4) is 0 Å². The monoisotopic (exact) mass is 717 g/mol. The molecule has 4 aromatic carbocycles. The average molecular weight is 718 g/mol. The molecule has 8 heteroatoms. The second kappa shape index (κ2) is 17.0. The standard InChI is InChI=1S/C43H44N2O6.2CH4/c1-42(2)36(44(24-26-50-28-38(46)47)34-22-20-30-14-10-12-16-32(30)40(34)42)18-8-6-5-7-9-19-37-43(3,4)41-33-17-13-11-15-31(33)21-23-35(41)45(37)25-27-51-29-39(48)49;;/h5-23H,24-29H2,1-4H3,(H-,46,47,48,49);2*1H4/p+1. The SMILES string of the molecule is C.C.CC1(C)C(/C=C/C=C/C=C/C=C2/N(CCOCC(=O)O)c3ccc4ccccc4c3C2(C)C)=[N+](CCOCC(=O)O)c2ccc3ccccc3c21. The van der Waals surface area contributed by atoms with Gasteiger partial charge in [0.2, 0.25) is 5.69 Å². The number of hydrogen-bond donors (Lipinski definition) is 2. The Morgan fingerprint density at radius 3 is 1.92 bits per heavy atom. The Hall–Kier alpha value is -5.31. The molecule has 2 N–H and O–H groups in total. The van der Waals surface area contributed by atoms with Crippen LogP contribution < -0.4 is 4.90 Å². The van der Waals surface area contributed by atoms with E-state index in [1.54, 1.807) is 0 Å². The Bertz CT molecular complexity index is 2140. The first-order valence-electron chi connectivity index (χ1n) is 17.3. The summed E-state index contributed by atoms with van der Waals surface area (Å²) in [5.41, 5.74) is 6.36. The van der Waals surface area contributed by atoms with Gasteiger partial charge in [-0.3, -0.25) is 0 Å². The second-order valence-corrected chi connectivity index (χ2v) is 13.9. The largest absolute Gasteiger partial charge is 0.480 e. The molecule has 0 atom stereocenters. The van der Waals surface area contributed by atoms with Gasteiger partial charge >= 0.3 is 11.9 Å². The van der Waals surface area contributed by atoms with Crippen LogP contribution in [0.4, 0.5) is 11.4 Å². The van der Waals surface area contributed by atoms with Crippen LogP contribution in [0.5, 0.6) is 0 Å². The number of ether oxygens (including phenoxy) is 2. The molecule has 4 aromatic rings. The number of hydrogen-bond acceptors (Lipinski definition) is 5. The van der Waals surface area contributed by atoms with Crippen molar-refractivity contribution in [1.29, 1.82) is 0 Å². The molecule has 0 spiro atoms. The molecule has 2 aliphatic heterocycles. The van der Waals surface area contributed by atoms with Gasteiger partial charge in [0.1, 0.15) is 19.8 Å². The molecule has 8 nitrogen and oxygen atoms in total. The van der Waals surface area contributed by atoms with E-state index in [4.69, 9.17) is 19.7 Å². The Morgan fingerprint density at radius 1 is 0.698 bits per heavy atom. The molecule has 53 heavy (non-hydrogen) atoms. The molecule has 0 aromatic heterocycles. The highest BCUT2D eigenvalue weighted by atomic mass is 16.5. The number of anilines is 1. The van der Waals surface area contributed by atoms with E-state index in [1.165, 1.54) is 32.7 Å². The second-order valence-electron chi connectivity index (χ2n) is 13.9. The fraction of sp³-hybridized carbons (Fsp3) is 0.311. The molecule has 0 unspecified atom stereocenters. The lowest BCUT2D eigenvalue weighted by Gasteiger charge is -2.27. The first kappa shape index (κ1) is 40.5. The lowest BCUT2D eigenvalue weighted by molar-refractivity contribution is -0.441. The molecule has 0 saturated heterocycles. The van der Waals surface area contributed by atoms with E-state index >= 15 is 0 Å². The number of carbonyl (C=O) groups is 2. The fourth-order valence-corrected chi connectivity index (χ4v) is 7.67. The van der Waals surface area contributed by atoms with Crippen molar-refractivity contribution in [3.8, 4) is 0 Å². The van der Waals surface area contributed by atoms with E-state index in [1.807, 2.05) is 30.4 Å². The van der Waals surface area contributed by atoms with Crippen molar-refractivity contribution < 1.29 is 33.9 Å². The molecule has 0 aliphatic carbocycles. The van der Waals surface area contributed by atoms with Gasteiger partial charge in [0.15, 0.2) is 12.3 Å². The number of allylic oxidation sites excluding steroid dienone is 8. The maximum atomic E-state index is 11.1. The molecule has 0 saturated carbocycles. The third-order valence-corrected chi connectivity index (χ3v) is 9.83. The maximum Gasteiger partial charge on any atom is 0.329 e. The molecule has 0 amide bonds. The van der Waals surface area contributed by atoms with Crippen molar-refractivity contribution in [2.75, 3.05) is 44.4 Å². The molecule has 2 aliphatic rings. The number of carboxylic acids is 2. The minimum Gasteiger partial charge on any atom is -0.480 e. The molecule has 0 fully saturated rings. The van der Waals surface area contributed by atoms with Gasteiger partial charge in [0.25, 0.3) is 0 Å². The van der Waals surface area contributed by atoms with Crippen molar-refractivity contribution in [2.24, 2.45) is 0 Å². The van der Waals surface area contributed by atoms with E-state index < -0.39 is 11.9 Å².